The summed E-state index contributed by atoms with van der Waals surface area (Å²) in [6.45, 7) is -6.36. The summed E-state index contributed by atoms with van der Waals surface area (Å²) in [5.41, 5.74) is -1.39. The lowest BCUT2D eigenvalue weighted by Crippen LogP contribution is -2.54. The second-order valence-electron chi connectivity index (χ2n) is 6.62. The van der Waals surface area contributed by atoms with Gasteiger partial charge in [0.15, 0.2) is 0 Å². The molecule has 2 aliphatic rings. The molecule has 0 radical (unpaired) electrons. The first-order chi connectivity index (χ1) is 15.4. The number of hydrogen-bond donors (Lipinski definition) is 1. The van der Waals surface area contributed by atoms with E-state index < -0.39 is 57.1 Å². The lowest BCUT2D eigenvalue weighted by atomic mass is 9.79. The number of piperazine rings is 1. The minimum atomic E-state index is -3.48. The standard InChI is InChI=1S/C18H29BN2O2/c1-13-11-21(12-14(2)20-13)16-9-7-8-15(10-16)19-22-17(3,4)18(5,6)23-19/h7-10,13-14,20H,11-12H2,1-6H3/i1D3,2D3,11D2,12D2,13D,14D. The van der Waals surface area contributed by atoms with Crippen LogP contribution in [0.5, 0.6) is 0 Å². The highest BCUT2D eigenvalue weighted by atomic mass is 16.7. The fraction of sp³-hybridized carbons (Fsp3) is 0.667. The third-order valence-electron chi connectivity index (χ3n) is 4.35. The van der Waals surface area contributed by atoms with E-state index in [9.17, 15) is 0 Å². The van der Waals surface area contributed by atoms with Gasteiger partial charge in [-0.3, -0.25) is 0 Å². The predicted octanol–water partition coefficient (Wildman–Crippen LogP) is 2.17. The largest absolute Gasteiger partial charge is 0.494 e. The molecular weight excluding hydrogens is 287 g/mol. The minimum absolute atomic E-state index is 0.254. The van der Waals surface area contributed by atoms with Crippen molar-refractivity contribution in [3.05, 3.63) is 24.3 Å². The maximum absolute atomic E-state index is 8.59. The summed E-state index contributed by atoms with van der Waals surface area (Å²) in [7, 11) is -0.939. The summed E-state index contributed by atoms with van der Waals surface area (Å²) in [5, 5.41) is 1.72. The lowest BCUT2D eigenvalue weighted by Gasteiger charge is -2.37. The van der Waals surface area contributed by atoms with Gasteiger partial charge in [-0.1, -0.05) is 12.1 Å². The topological polar surface area (TPSA) is 33.7 Å². The van der Waals surface area contributed by atoms with Gasteiger partial charge in [-0.2, -0.15) is 0 Å². The van der Waals surface area contributed by atoms with Crippen LogP contribution in [0, 0.1) is 0 Å². The molecule has 2 saturated heterocycles. The van der Waals surface area contributed by atoms with Gasteiger partial charge in [-0.05, 0) is 59.0 Å². The first kappa shape index (κ1) is 7.46. The maximum Gasteiger partial charge on any atom is 0.494 e. The first-order valence-corrected chi connectivity index (χ1v) is 7.41. The summed E-state index contributed by atoms with van der Waals surface area (Å²) in [5.74, 6) is 0. The van der Waals surface area contributed by atoms with Crippen LogP contribution in [0.25, 0.3) is 0 Å². The van der Waals surface area contributed by atoms with Gasteiger partial charge in [0.25, 0.3) is 0 Å². The van der Waals surface area contributed by atoms with Gasteiger partial charge in [0.1, 0.15) is 0 Å². The van der Waals surface area contributed by atoms with Gasteiger partial charge in [0.2, 0.25) is 0 Å². The van der Waals surface area contributed by atoms with Crippen molar-refractivity contribution in [1.82, 2.24) is 5.32 Å². The average molecular weight is 328 g/mol. The molecule has 2 atom stereocenters. The van der Waals surface area contributed by atoms with Gasteiger partial charge < -0.3 is 19.5 Å². The van der Waals surface area contributed by atoms with Gasteiger partial charge in [-0.15, -0.1) is 0 Å². The molecule has 126 valence electrons. The number of anilines is 1. The molecule has 23 heavy (non-hydrogen) atoms. The van der Waals surface area contributed by atoms with E-state index in [-0.39, 0.29) is 10.6 Å². The molecule has 5 heteroatoms. The van der Waals surface area contributed by atoms with Crippen LogP contribution >= 0.6 is 0 Å². The molecular formula is C18H29BN2O2. The summed E-state index contributed by atoms with van der Waals surface area (Å²) < 4.78 is 110. The Labute approximate surface area is 157 Å². The molecule has 1 aromatic rings. The molecule has 0 aliphatic carbocycles. The third-order valence-corrected chi connectivity index (χ3v) is 4.35. The van der Waals surface area contributed by atoms with Crippen molar-refractivity contribution in [1.29, 1.82) is 0 Å². The average Bonchev–Trinajstić information content (AvgIpc) is 2.86. The molecule has 0 amide bonds. The Bertz CT molecular complexity index is 944. The molecule has 0 saturated carbocycles. The van der Waals surface area contributed by atoms with Crippen LogP contribution in [0.15, 0.2) is 24.3 Å². The van der Waals surface area contributed by atoms with Crippen molar-refractivity contribution in [2.45, 2.75) is 64.6 Å². The van der Waals surface area contributed by atoms with E-state index in [0.29, 0.717) is 5.46 Å². The first-order valence-electron chi connectivity index (χ1n) is 13.4. The van der Waals surface area contributed by atoms with E-state index in [2.05, 4.69) is 0 Å². The monoisotopic (exact) mass is 328 g/mol. The van der Waals surface area contributed by atoms with E-state index in [1.165, 1.54) is 18.2 Å². The van der Waals surface area contributed by atoms with Crippen LogP contribution in [0.2, 0.25) is 0 Å². The van der Waals surface area contributed by atoms with Crippen LogP contribution in [0.3, 0.4) is 0 Å². The smallest absolute Gasteiger partial charge is 0.399 e. The molecule has 2 aliphatic heterocycles. The highest BCUT2D eigenvalue weighted by Gasteiger charge is 2.51. The number of hydrogen-bond acceptors (Lipinski definition) is 4. The number of nitrogens with one attached hydrogen (secondary N) is 1. The molecule has 2 heterocycles. The fourth-order valence-corrected chi connectivity index (χ4v) is 2.35. The zero-order valence-corrected chi connectivity index (χ0v) is 13.7. The normalized spacial score (nSPS) is 49.4. The molecule has 0 aromatic heterocycles. The van der Waals surface area contributed by atoms with Crippen LogP contribution < -0.4 is 15.7 Å². The molecule has 2 unspecified atom stereocenters. The second kappa shape index (κ2) is 5.80. The van der Waals surface area contributed by atoms with Gasteiger partial charge in [0, 0.05) is 41.7 Å². The molecule has 3 rings (SSSR count). The minimum Gasteiger partial charge on any atom is -0.399 e. The van der Waals surface area contributed by atoms with Crippen molar-refractivity contribution in [3.63, 3.8) is 0 Å². The Balaban J connectivity index is 2.23. The van der Waals surface area contributed by atoms with Crippen LogP contribution in [0.4, 0.5) is 5.69 Å². The van der Waals surface area contributed by atoms with Gasteiger partial charge >= 0.3 is 7.12 Å². The molecule has 2 fully saturated rings. The van der Waals surface area contributed by atoms with E-state index >= 15 is 0 Å². The molecule has 1 aromatic carbocycles. The van der Waals surface area contributed by atoms with E-state index in [1.807, 2.05) is 27.7 Å². The Morgan fingerprint density at radius 2 is 1.83 bits per heavy atom. The van der Waals surface area contributed by atoms with Crippen LogP contribution in [0.1, 0.15) is 57.8 Å². The van der Waals surface area contributed by atoms with Crippen molar-refractivity contribution in [3.8, 4) is 0 Å². The number of nitrogens with zero attached hydrogens (tertiary/aromatic N) is 1. The molecule has 1 N–H and O–H groups in total. The Morgan fingerprint density at radius 3 is 2.39 bits per heavy atom. The Hall–Kier alpha value is -1.04. The van der Waals surface area contributed by atoms with E-state index in [4.69, 9.17) is 25.8 Å². The van der Waals surface area contributed by atoms with E-state index in [1.54, 1.807) is 11.4 Å². The SMILES string of the molecule is [2H]C([2H])([2H])C1([2H])NC([2H])(C([2H])([2H])[2H])C([2H])([2H])N(c2cccc(B3OC(C)(C)C(C)(C)O3)c2)C1([2H])[2H]. The lowest BCUT2D eigenvalue weighted by molar-refractivity contribution is 0.00578. The summed E-state index contributed by atoms with van der Waals surface area (Å²) >= 11 is 0. The quantitative estimate of drug-likeness (QED) is 0.844. The Kier molecular flexibility index (Phi) is 1.88. The molecule has 0 spiro atoms. The summed E-state index contributed by atoms with van der Waals surface area (Å²) in [4.78, 5) is 0.254. The van der Waals surface area contributed by atoms with Crippen molar-refractivity contribution in [2.75, 3.05) is 17.9 Å². The second-order valence-corrected chi connectivity index (χ2v) is 6.62. The Morgan fingerprint density at radius 1 is 1.22 bits per heavy atom. The highest BCUT2D eigenvalue weighted by molar-refractivity contribution is 6.62. The predicted molar refractivity (Wildman–Crippen MR) is 96.4 cm³/mol. The molecule has 4 nitrogen and oxygen atoms in total. The van der Waals surface area contributed by atoms with Gasteiger partial charge in [0.05, 0.1) is 16.7 Å². The van der Waals surface area contributed by atoms with Gasteiger partial charge in [-0.25, -0.2) is 0 Å². The van der Waals surface area contributed by atoms with Crippen LogP contribution in [-0.4, -0.2) is 43.3 Å². The third kappa shape index (κ3) is 3.28. The van der Waals surface area contributed by atoms with Crippen molar-refractivity contribution >= 4 is 18.3 Å². The number of rotatable bonds is 2. The van der Waals surface area contributed by atoms with Crippen LogP contribution in [-0.2, 0) is 9.31 Å². The summed E-state index contributed by atoms with van der Waals surface area (Å²) in [6, 6.07) is -1.25. The zero-order chi connectivity index (χ0) is 27.3. The molecule has 0 bridgehead atoms. The maximum atomic E-state index is 8.59. The highest BCUT2D eigenvalue weighted by Crippen LogP contribution is 2.36. The number of benzene rings is 1. The summed E-state index contributed by atoms with van der Waals surface area (Å²) in [6.07, 6.45) is 0. The fourth-order valence-electron chi connectivity index (χ4n) is 2.35. The van der Waals surface area contributed by atoms with E-state index in [0.717, 1.165) is 0 Å². The van der Waals surface area contributed by atoms with Crippen molar-refractivity contribution < 1.29 is 25.8 Å². The van der Waals surface area contributed by atoms with Crippen molar-refractivity contribution in [2.24, 2.45) is 0 Å². The zero-order valence-electron chi connectivity index (χ0n) is 25.7.